The topological polar surface area (TPSA) is 66.5 Å². The maximum atomic E-state index is 13.3. The van der Waals surface area contributed by atoms with E-state index in [1.165, 1.54) is 0 Å². The standard InChI is InChI=1S/C11H12F5NO2/c12-6-5(1-2-11(17,3-18)4-19)7(13)9(15)10(16)8(6)14/h18-19H,1-4,17H2. The molecule has 0 atom stereocenters. The highest BCUT2D eigenvalue weighted by Crippen LogP contribution is 2.25. The molecule has 8 heteroatoms. The first-order valence-electron chi connectivity index (χ1n) is 5.28. The minimum absolute atomic E-state index is 0.349. The quantitative estimate of drug-likeness (QED) is 0.429. The molecule has 0 radical (unpaired) electrons. The molecule has 0 aromatic heterocycles. The molecule has 0 aliphatic heterocycles. The summed E-state index contributed by atoms with van der Waals surface area (Å²) < 4.78 is 65.2. The molecule has 0 fully saturated rings. The minimum Gasteiger partial charge on any atom is -0.394 e. The van der Waals surface area contributed by atoms with E-state index >= 15 is 0 Å². The molecule has 0 saturated carbocycles. The second kappa shape index (κ2) is 5.81. The van der Waals surface area contributed by atoms with Crippen LogP contribution in [-0.4, -0.2) is 29.0 Å². The van der Waals surface area contributed by atoms with Crippen LogP contribution in [-0.2, 0) is 6.42 Å². The van der Waals surface area contributed by atoms with Crippen molar-refractivity contribution < 1.29 is 32.2 Å². The van der Waals surface area contributed by atoms with E-state index in [9.17, 15) is 22.0 Å². The van der Waals surface area contributed by atoms with E-state index < -0.39 is 59.8 Å². The van der Waals surface area contributed by atoms with Crippen LogP contribution in [0, 0.1) is 29.1 Å². The van der Waals surface area contributed by atoms with Crippen LogP contribution in [0.2, 0.25) is 0 Å². The molecule has 1 aromatic rings. The summed E-state index contributed by atoms with van der Waals surface area (Å²) >= 11 is 0. The van der Waals surface area contributed by atoms with E-state index in [1.807, 2.05) is 0 Å². The van der Waals surface area contributed by atoms with Gasteiger partial charge in [-0.1, -0.05) is 0 Å². The Hall–Kier alpha value is -1.25. The van der Waals surface area contributed by atoms with Crippen molar-refractivity contribution in [2.24, 2.45) is 5.73 Å². The molecule has 0 saturated heterocycles. The second-order valence-electron chi connectivity index (χ2n) is 4.23. The first-order chi connectivity index (χ1) is 8.77. The lowest BCUT2D eigenvalue weighted by molar-refractivity contribution is 0.114. The lowest BCUT2D eigenvalue weighted by Gasteiger charge is -2.24. The number of halogens is 5. The van der Waals surface area contributed by atoms with Crippen molar-refractivity contribution in [1.82, 2.24) is 0 Å². The lowest BCUT2D eigenvalue weighted by Crippen LogP contribution is -2.47. The normalized spacial score (nSPS) is 12.0. The van der Waals surface area contributed by atoms with Gasteiger partial charge in [-0.05, 0) is 12.8 Å². The molecule has 0 bridgehead atoms. The molecule has 0 spiro atoms. The fourth-order valence-electron chi connectivity index (χ4n) is 1.45. The van der Waals surface area contributed by atoms with Crippen molar-refractivity contribution in [2.75, 3.05) is 13.2 Å². The zero-order valence-electron chi connectivity index (χ0n) is 9.69. The van der Waals surface area contributed by atoms with E-state index in [0.29, 0.717) is 0 Å². The van der Waals surface area contributed by atoms with E-state index in [2.05, 4.69) is 0 Å². The van der Waals surface area contributed by atoms with Crippen molar-refractivity contribution >= 4 is 0 Å². The van der Waals surface area contributed by atoms with Gasteiger partial charge in [0.2, 0.25) is 5.82 Å². The molecule has 0 aliphatic rings. The van der Waals surface area contributed by atoms with Gasteiger partial charge in [0.15, 0.2) is 23.3 Å². The Morgan fingerprint density at radius 3 is 1.53 bits per heavy atom. The van der Waals surface area contributed by atoms with E-state index in [4.69, 9.17) is 15.9 Å². The summed E-state index contributed by atoms with van der Waals surface area (Å²) in [7, 11) is 0. The third-order valence-corrected chi connectivity index (χ3v) is 2.80. The van der Waals surface area contributed by atoms with Crippen LogP contribution in [0.3, 0.4) is 0 Å². The number of nitrogens with two attached hydrogens (primary N) is 1. The van der Waals surface area contributed by atoms with Crippen LogP contribution in [0.5, 0.6) is 0 Å². The zero-order valence-corrected chi connectivity index (χ0v) is 9.69. The number of aliphatic hydroxyl groups is 2. The van der Waals surface area contributed by atoms with Gasteiger partial charge in [-0.2, -0.15) is 0 Å². The fraction of sp³-hybridized carbons (Fsp3) is 0.455. The first-order valence-corrected chi connectivity index (χ1v) is 5.28. The maximum absolute atomic E-state index is 13.3. The van der Waals surface area contributed by atoms with Gasteiger partial charge < -0.3 is 15.9 Å². The van der Waals surface area contributed by atoms with Crippen molar-refractivity contribution in [1.29, 1.82) is 0 Å². The van der Waals surface area contributed by atoms with Crippen LogP contribution >= 0.6 is 0 Å². The number of benzene rings is 1. The SMILES string of the molecule is NC(CO)(CO)CCc1c(F)c(F)c(F)c(F)c1F. The van der Waals surface area contributed by atoms with Gasteiger partial charge >= 0.3 is 0 Å². The van der Waals surface area contributed by atoms with Crippen molar-refractivity contribution in [3.8, 4) is 0 Å². The molecule has 0 heterocycles. The Bertz CT molecular complexity index is 448. The van der Waals surface area contributed by atoms with Crippen LogP contribution in [0.15, 0.2) is 0 Å². The summed E-state index contributed by atoms with van der Waals surface area (Å²) in [6, 6.07) is 0. The Morgan fingerprint density at radius 2 is 1.16 bits per heavy atom. The highest BCUT2D eigenvalue weighted by Gasteiger charge is 2.28. The second-order valence-corrected chi connectivity index (χ2v) is 4.23. The Kier molecular flexibility index (Phi) is 4.83. The van der Waals surface area contributed by atoms with Crippen molar-refractivity contribution in [3.63, 3.8) is 0 Å². The summed E-state index contributed by atoms with van der Waals surface area (Å²) in [5.74, 6) is -10.2. The molecule has 3 nitrogen and oxygen atoms in total. The first kappa shape index (κ1) is 15.8. The monoisotopic (exact) mass is 285 g/mol. The number of rotatable bonds is 5. The number of hydrogen-bond donors (Lipinski definition) is 3. The van der Waals surface area contributed by atoms with Crippen molar-refractivity contribution in [3.05, 3.63) is 34.6 Å². The number of hydrogen-bond acceptors (Lipinski definition) is 3. The van der Waals surface area contributed by atoms with Gasteiger partial charge in [0.25, 0.3) is 0 Å². The van der Waals surface area contributed by atoms with Gasteiger partial charge in [0.1, 0.15) is 0 Å². The number of aliphatic hydroxyl groups excluding tert-OH is 2. The molecule has 0 aliphatic carbocycles. The molecule has 1 aromatic carbocycles. The molecule has 4 N–H and O–H groups in total. The Balaban J connectivity index is 3.09. The Morgan fingerprint density at radius 1 is 0.789 bits per heavy atom. The predicted octanol–water partition coefficient (Wildman–Crippen LogP) is 0.997. The van der Waals surface area contributed by atoms with E-state index in [0.717, 1.165) is 0 Å². The molecule has 108 valence electrons. The Labute approximate surface area is 105 Å². The summed E-state index contributed by atoms with van der Waals surface area (Å²) in [5, 5.41) is 17.7. The van der Waals surface area contributed by atoms with Crippen LogP contribution in [0.25, 0.3) is 0 Å². The van der Waals surface area contributed by atoms with Gasteiger partial charge in [0.05, 0.1) is 18.8 Å². The fourth-order valence-corrected chi connectivity index (χ4v) is 1.45. The predicted molar refractivity (Wildman–Crippen MR) is 55.6 cm³/mol. The average molecular weight is 285 g/mol. The third-order valence-electron chi connectivity index (χ3n) is 2.80. The van der Waals surface area contributed by atoms with E-state index in [-0.39, 0.29) is 6.42 Å². The lowest BCUT2D eigenvalue weighted by atomic mass is 9.93. The van der Waals surface area contributed by atoms with Crippen molar-refractivity contribution in [2.45, 2.75) is 18.4 Å². The molecular weight excluding hydrogens is 273 g/mol. The smallest absolute Gasteiger partial charge is 0.200 e. The van der Waals surface area contributed by atoms with Crippen LogP contribution < -0.4 is 5.73 Å². The molecule has 0 unspecified atom stereocenters. The highest BCUT2D eigenvalue weighted by atomic mass is 19.2. The third kappa shape index (κ3) is 3.02. The van der Waals surface area contributed by atoms with Gasteiger partial charge in [0, 0.05) is 5.56 Å². The largest absolute Gasteiger partial charge is 0.394 e. The van der Waals surface area contributed by atoms with Gasteiger partial charge in [-0.25, -0.2) is 22.0 Å². The summed E-state index contributed by atoms with van der Waals surface area (Å²) in [5.41, 5.74) is 2.87. The average Bonchev–Trinajstić information content (AvgIpc) is 2.42. The molecular formula is C11H12F5NO2. The maximum Gasteiger partial charge on any atom is 0.200 e. The molecule has 1 rings (SSSR count). The molecule has 0 amide bonds. The highest BCUT2D eigenvalue weighted by molar-refractivity contribution is 5.24. The van der Waals surface area contributed by atoms with Gasteiger partial charge in [-0.15, -0.1) is 0 Å². The van der Waals surface area contributed by atoms with E-state index in [1.54, 1.807) is 0 Å². The summed E-state index contributed by atoms with van der Waals surface area (Å²) in [4.78, 5) is 0. The summed E-state index contributed by atoms with van der Waals surface area (Å²) in [6.07, 6.45) is -0.957. The zero-order chi connectivity index (χ0) is 14.8. The van der Waals surface area contributed by atoms with Crippen LogP contribution in [0.1, 0.15) is 12.0 Å². The van der Waals surface area contributed by atoms with Crippen LogP contribution in [0.4, 0.5) is 22.0 Å². The van der Waals surface area contributed by atoms with Gasteiger partial charge in [-0.3, -0.25) is 0 Å². The summed E-state index contributed by atoms with van der Waals surface area (Å²) in [6.45, 7) is -1.39. The minimum atomic E-state index is -2.23. The molecule has 19 heavy (non-hydrogen) atoms.